The molecule has 1 aromatic heterocycles. The van der Waals surface area contributed by atoms with Gasteiger partial charge in [-0.2, -0.15) is 0 Å². The van der Waals surface area contributed by atoms with E-state index in [9.17, 15) is 0 Å². The van der Waals surface area contributed by atoms with E-state index in [2.05, 4.69) is 5.32 Å². The number of benzene rings is 1. The molecule has 0 amide bonds. The van der Waals surface area contributed by atoms with Gasteiger partial charge in [0.15, 0.2) is 0 Å². The largest absolute Gasteiger partial charge is 0.497 e. The molecule has 19 heavy (non-hydrogen) atoms. The maximum Gasteiger partial charge on any atom is 0.127 e. The molecule has 1 aromatic carbocycles. The van der Waals surface area contributed by atoms with Crippen molar-refractivity contribution < 1.29 is 13.9 Å². The summed E-state index contributed by atoms with van der Waals surface area (Å²) in [7, 11) is 5.18. The van der Waals surface area contributed by atoms with E-state index < -0.39 is 0 Å². The second kappa shape index (κ2) is 5.80. The summed E-state index contributed by atoms with van der Waals surface area (Å²) in [5.41, 5.74) is 1.01. The molecule has 0 bridgehead atoms. The topological polar surface area (TPSA) is 43.6 Å². The highest BCUT2D eigenvalue weighted by atomic mass is 16.5. The molecular weight excluding hydrogens is 242 g/mol. The third kappa shape index (κ3) is 2.74. The summed E-state index contributed by atoms with van der Waals surface area (Å²) in [6.07, 6.45) is 0. The van der Waals surface area contributed by atoms with Crippen LogP contribution in [0.3, 0.4) is 0 Å². The van der Waals surface area contributed by atoms with Crippen molar-refractivity contribution in [1.82, 2.24) is 5.32 Å². The van der Waals surface area contributed by atoms with Crippen LogP contribution < -0.4 is 14.8 Å². The highest BCUT2D eigenvalue weighted by Crippen LogP contribution is 2.33. The van der Waals surface area contributed by atoms with E-state index in [-0.39, 0.29) is 6.04 Å². The SMILES string of the molecule is CNC(c1ccc(C)o1)c1ccc(OC)cc1OC. The van der Waals surface area contributed by atoms with Crippen molar-refractivity contribution in [1.29, 1.82) is 0 Å². The van der Waals surface area contributed by atoms with Gasteiger partial charge in [-0.25, -0.2) is 0 Å². The van der Waals surface area contributed by atoms with E-state index in [0.717, 1.165) is 28.6 Å². The smallest absolute Gasteiger partial charge is 0.127 e. The fraction of sp³-hybridized carbons (Fsp3) is 0.333. The van der Waals surface area contributed by atoms with Crippen LogP contribution in [0.15, 0.2) is 34.7 Å². The number of furan rings is 1. The van der Waals surface area contributed by atoms with Gasteiger partial charge in [0.05, 0.1) is 20.3 Å². The summed E-state index contributed by atoms with van der Waals surface area (Å²) < 4.78 is 16.3. The number of aryl methyl sites for hydroxylation is 1. The maximum absolute atomic E-state index is 5.70. The first-order valence-electron chi connectivity index (χ1n) is 6.15. The van der Waals surface area contributed by atoms with Crippen LogP contribution in [0.5, 0.6) is 11.5 Å². The van der Waals surface area contributed by atoms with Gasteiger partial charge in [0.2, 0.25) is 0 Å². The molecule has 0 aliphatic carbocycles. The van der Waals surface area contributed by atoms with Gasteiger partial charge in [-0.05, 0) is 38.2 Å². The van der Waals surface area contributed by atoms with Gasteiger partial charge in [-0.3, -0.25) is 0 Å². The van der Waals surface area contributed by atoms with Crippen LogP contribution in [-0.2, 0) is 0 Å². The van der Waals surface area contributed by atoms with Gasteiger partial charge >= 0.3 is 0 Å². The molecule has 2 aromatic rings. The van der Waals surface area contributed by atoms with Gasteiger partial charge < -0.3 is 19.2 Å². The summed E-state index contributed by atoms with van der Waals surface area (Å²) >= 11 is 0. The molecule has 1 heterocycles. The average molecular weight is 261 g/mol. The number of rotatable bonds is 5. The molecule has 1 atom stereocenters. The maximum atomic E-state index is 5.70. The lowest BCUT2D eigenvalue weighted by Gasteiger charge is -2.18. The van der Waals surface area contributed by atoms with Crippen LogP contribution in [0.4, 0.5) is 0 Å². The van der Waals surface area contributed by atoms with Crippen LogP contribution >= 0.6 is 0 Å². The number of nitrogens with one attached hydrogen (secondary N) is 1. The minimum atomic E-state index is -0.0467. The Hall–Kier alpha value is -1.94. The summed E-state index contributed by atoms with van der Waals surface area (Å²) in [5.74, 6) is 3.30. The molecule has 4 nitrogen and oxygen atoms in total. The summed E-state index contributed by atoms with van der Waals surface area (Å²) in [4.78, 5) is 0. The Morgan fingerprint density at radius 3 is 2.42 bits per heavy atom. The van der Waals surface area contributed by atoms with Gasteiger partial charge in [0.25, 0.3) is 0 Å². The molecule has 2 rings (SSSR count). The first-order chi connectivity index (χ1) is 9.19. The third-order valence-electron chi connectivity index (χ3n) is 3.09. The molecule has 0 aliphatic heterocycles. The molecule has 1 N–H and O–H groups in total. The van der Waals surface area contributed by atoms with E-state index in [4.69, 9.17) is 13.9 Å². The minimum absolute atomic E-state index is 0.0467. The number of hydrogen-bond acceptors (Lipinski definition) is 4. The van der Waals surface area contributed by atoms with E-state index in [0.29, 0.717) is 0 Å². The Bertz CT molecular complexity index is 548. The normalized spacial score (nSPS) is 12.2. The van der Waals surface area contributed by atoms with Crippen molar-refractivity contribution in [3.8, 4) is 11.5 Å². The van der Waals surface area contributed by atoms with Crippen molar-refractivity contribution in [2.45, 2.75) is 13.0 Å². The van der Waals surface area contributed by atoms with Crippen LogP contribution in [0.1, 0.15) is 23.1 Å². The van der Waals surface area contributed by atoms with Gasteiger partial charge in [0, 0.05) is 11.6 Å². The van der Waals surface area contributed by atoms with Gasteiger partial charge in [0.1, 0.15) is 23.0 Å². The molecule has 0 saturated carbocycles. The molecule has 102 valence electrons. The fourth-order valence-corrected chi connectivity index (χ4v) is 2.12. The fourth-order valence-electron chi connectivity index (χ4n) is 2.12. The molecule has 0 saturated heterocycles. The standard InChI is InChI=1S/C15H19NO3/c1-10-5-8-13(19-10)15(16-2)12-7-6-11(17-3)9-14(12)18-4/h5-9,15-16H,1-4H3. The molecule has 4 heteroatoms. The molecule has 0 aliphatic rings. The van der Waals surface area contributed by atoms with E-state index in [1.165, 1.54) is 0 Å². The molecule has 0 spiro atoms. The monoisotopic (exact) mass is 261 g/mol. The van der Waals surface area contributed by atoms with Crippen molar-refractivity contribution in [3.05, 3.63) is 47.4 Å². The van der Waals surface area contributed by atoms with E-state index in [1.807, 2.05) is 44.3 Å². The zero-order valence-corrected chi connectivity index (χ0v) is 11.7. The summed E-state index contributed by atoms with van der Waals surface area (Å²) in [6, 6.07) is 9.65. The predicted octanol–water partition coefficient (Wildman–Crippen LogP) is 2.91. The van der Waals surface area contributed by atoms with Gasteiger partial charge in [-0.15, -0.1) is 0 Å². The average Bonchev–Trinajstić information content (AvgIpc) is 2.86. The first kappa shape index (κ1) is 13.5. The van der Waals surface area contributed by atoms with Crippen molar-refractivity contribution in [2.24, 2.45) is 0 Å². The number of ether oxygens (including phenoxy) is 2. The lowest BCUT2D eigenvalue weighted by Crippen LogP contribution is -2.17. The van der Waals surface area contributed by atoms with Gasteiger partial charge in [-0.1, -0.05) is 0 Å². The molecule has 0 radical (unpaired) electrons. The molecular formula is C15H19NO3. The van der Waals surface area contributed by atoms with Crippen molar-refractivity contribution >= 4 is 0 Å². The Morgan fingerprint density at radius 1 is 1.11 bits per heavy atom. The summed E-state index contributed by atoms with van der Waals surface area (Å²) in [5, 5.41) is 3.25. The van der Waals surface area contributed by atoms with Crippen molar-refractivity contribution in [3.63, 3.8) is 0 Å². The Morgan fingerprint density at radius 2 is 1.89 bits per heavy atom. The van der Waals surface area contributed by atoms with Crippen LogP contribution in [-0.4, -0.2) is 21.3 Å². The van der Waals surface area contributed by atoms with Crippen LogP contribution in [0.25, 0.3) is 0 Å². The zero-order valence-electron chi connectivity index (χ0n) is 11.7. The quantitative estimate of drug-likeness (QED) is 0.898. The highest BCUT2D eigenvalue weighted by Gasteiger charge is 2.20. The first-order valence-corrected chi connectivity index (χ1v) is 6.15. The lowest BCUT2D eigenvalue weighted by atomic mass is 10.0. The summed E-state index contributed by atoms with van der Waals surface area (Å²) in [6.45, 7) is 1.93. The lowest BCUT2D eigenvalue weighted by molar-refractivity contribution is 0.381. The number of hydrogen-bond donors (Lipinski definition) is 1. The highest BCUT2D eigenvalue weighted by molar-refractivity contribution is 5.44. The number of methoxy groups -OCH3 is 2. The molecule has 1 unspecified atom stereocenters. The van der Waals surface area contributed by atoms with Crippen molar-refractivity contribution in [2.75, 3.05) is 21.3 Å². The predicted molar refractivity (Wildman–Crippen MR) is 73.9 cm³/mol. The van der Waals surface area contributed by atoms with Crippen LogP contribution in [0, 0.1) is 6.92 Å². The van der Waals surface area contributed by atoms with E-state index in [1.54, 1.807) is 14.2 Å². The van der Waals surface area contributed by atoms with Crippen LogP contribution in [0.2, 0.25) is 0 Å². The minimum Gasteiger partial charge on any atom is -0.497 e. The Labute approximate surface area is 113 Å². The second-order valence-corrected chi connectivity index (χ2v) is 4.28. The third-order valence-corrected chi connectivity index (χ3v) is 3.09. The second-order valence-electron chi connectivity index (χ2n) is 4.28. The Kier molecular flexibility index (Phi) is 4.12. The Balaban J connectivity index is 2.43. The molecule has 0 fully saturated rings. The zero-order chi connectivity index (χ0) is 13.8. The van der Waals surface area contributed by atoms with E-state index >= 15 is 0 Å².